The molecule has 0 aliphatic heterocycles. The highest BCUT2D eigenvalue weighted by molar-refractivity contribution is 6.05. The Morgan fingerprint density at radius 3 is 2.17 bits per heavy atom. The van der Waals surface area contributed by atoms with Gasteiger partial charge in [0.25, 0.3) is 5.91 Å². The fraction of sp³-hybridized carbons (Fsp3) is 0.135. The molecule has 0 atom stereocenters. The number of hydrogen-bond acceptors (Lipinski definition) is 5. The van der Waals surface area contributed by atoms with Crippen molar-refractivity contribution in [2.75, 3.05) is 17.2 Å². The van der Waals surface area contributed by atoms with Gasteiger partial charge in [0.2, 0.25) is 0 Å². The molecule has 2 heterocycles. The SMILES string of the molecule is Cc1cc(C)c2c(C)nn(-c3ccc(NC(=O)c4cc(NC(=O)OCC5c6ccccc6-c6ccccc65)ccc4F)cc3)c2n1. The van der Waals surface area contributed by atoms with E-state index in [-0.39, 0.29) is 23.8 Å². The van der Waals surface area contributed by atoms with E-state index in [2.05, 4.69) is 32.8 Å². The number of ether oxygens (including phenoxy) is 1. The lowest BCUT2D eigenvalue weighted by atomic mass is 9.98. The molecule has 1 aliphatic carbocycles. The highest BCUT2D eigenvalue weighted by Crippen LogP contribution is 2.44. The predicted molar refractivity (Wildman–Crippen MR) is 176 cm³/mol. The van der Waals surface area contributed by atoms with Crippen LogP contribution in [0.3, 0.4) is 0 Å². The Balaban J connectivity index is 1.02. The molecular formula is C37H30FN5O3. The lowest BCUT2D eigenvalue weighted by Crippen LogP contribution is -2.19. The monoisotopic (exact) mass is 611 g/mol. The lowest BCUT2D eigenvalue weighted by Gasteiger charge is -2.15. The van der Waals surface area contributed by atoms with Gasteiger partial charge in [0.1, 0.15) is 12.4 Å². The van der Waals surface area contributed by atoms with E-state index in [0.717, 1.165) is 62.0 Å². The number of carbonyl (C=O) groups is 2. The highest BCUT2D eigenvalue weighted by atomic mass is 19.1. The summed E-state index contributed by atoms with van der Waals surface area (Å²) in [5.74, 6) is -1.48. The number of halogens is 1. The second kappa shape index (κ2) is 11.6. The van der Waals surface area contributed by atoms with Gasteiger partial charge in [-0.15, -0.1) is 0 Å². The lowest BCUT2D eigenvalue weighted by molar-refractivity contribution is 0.102. The second-order valence-corrected chi connectivity index (χ2v) is 11.4. The average molecular weight is 612 g/mol. The van der Waals surface area contributed by atoms with Crippen molar-refractivity contribution < 1.29 is 18.7 Å². The number of fused-ring (bicyclic) bond motifs is 4. The zero-order valence-electron chi connectivity index (χ0n) is 25.5. The molecule has 0 spiro atoms. The van der Waals surface area contributed by atoms with Crippen molar-refractivity contribution in [3.8, 4) is 16.8 Å². The fourth-order valence-corrected chi connectivity index (χ4v) is 6.26. The second-order valence-electron chi connectivity index (χ2n) is 11.4. The molecule has 2 N–H and O–H groups in total. The normalized spacial score (nSPS) is 12.1. The molecule has 0 radical (unpaired) electrons. The molecule has 0 saturated carbocycles. The molecule has 1 aliphatic rings. The van der Waals surface area contributed by atoms with Gasteiger partial charge in [0.05, 0.1) is 16.9 Å². The summed E-state index contributed by atoms with van der Waals surface area (Å²) < 4.78 is 22.1. The number of nitrogens with one attached hydrogen (secondary N) is 2. The van der Waals surface area contributed by atoms with E-state index in [9.17, 15) is 14.0 Å². The Labute approximate surface area is 264 Å². The van der Waals surface area contributed by atoms with E-state index in [1.54, 1.807) is 16.8 Å². The first kappa shape index (κ1) is 28.9. The molecule has 46 heavy (non-hydrogen) atoms. The van der Waals surface area contributed by atoms with Gasteiger partial charge in [0, 0.05) is 28.4 Å². The van der Waals surface area contributed by atoms with Crippen LogP contribution in [0, 0.1) is 26.6 Å². The van der Waals surface area contributed by atoms with Crippen LogP contribution in [0.1, 0.15) is 44.4 Å². The zero-order valence-corrected chi connectivity index (χ0v) is 25.5. The summed E-state index contributed by atoms with van der Waals surface area (Å²) in [4.78, 5) is 30.6. The average Bonchev–Trinajstić information content (AvgIpc) is 3.55. The number of rotatable bonds is 6. The largest absolute Gasteiger partial charge is 0.448 e. The Hall–Kier alpha value is -5.83. The number of aryl methyl sites for hydroxylation is 3. The first-order valence-corrected chi connectivity index (χ1v) is 14.9. The maximum absolute atomic E-state index is 14.8. The van der Waals surface area contributed by atoms with Gasteiger partial charge >= 0.3 is 6.09 Å². The van der Waals surface area contributed by atoms with E-state index in [0.29, 0.717) is 5.69 Å². The Morgan fingerprint density at radius 2 is 1.48 bits per heavy atom. The van der Waals surface area contributed by atoms with Crippen LogP contribution >= 0.6 is 0 Å². The summed E-state index contributed by atoms with van der Waals surface area (Å²) in [5.41, 5.74) is 9.34. The number of amides is 2. The van der Waals surface area contributed by atoms with Gasteiger partial charge in [-0.25, -0.2) is 18.9 Å². The van der Waals surface area contributed by atoms with Crippen molar-refractivity contribution in [2.45, 2.75) is 26.7 Å². The number of carbonyl (C=O) groups excluding carboxylic acids is 2. The minimum Gasteiger partial charge on any atom is -0.448 e. The van der Waals surface area contributed by atoms with Crippen LogP contribution in [0.25, 0.3) is 27.8 Å². The van der Waals surface area contributed by atoms with Crippen LogP contribution in [0.4, 0.5) is 20.6 Å². The van der Waals surface area contributed by atoms with Crippen LogP contribution in [-0.4, -0.2) is 33.4 Å². The van der Waals surface area contributed by atoms with Crippen molar-refractivity contribution in [1.29, 1.82) is 0 Å². The molecule has 0 bridgehead atoms. The molecule has 0 unspecified atom stereocenters. The maximum atomic E-state index is 14.8. The van der Waals surface area contributed by atoms with Crippen LogP contribution in [-0.2, 0) is 4.74 Å². The van der Waals surface area contributed by atoms with Crippen molar-refractivity contribution in [1.82, 2.24) is 14.8 Å². The maximum Gasteiger partial charge on any atom is 0.411 e. The molecule has 2 aromatic heterocycles. The van der Waals surface area contributed by atoms with Gasteiger partial charge in [0.15, 0.2) is 5.65 Å². The first-order valence-electron chi connectivity index (χ1n) is 14.9. The van der Waals surface area contributed by atoms with E-state index in [1.165, 1.54) is 12.1 Å². The van der Waals surface area contributed by atoms with Crippen LogP contribution < -0.4 is 10.6 Å². The quantitative estimate of drug-likeness (QED) is 0.198. The number of aromatic nitrogens is 3. The van der Waals surface area contributed by atoms with E-state index in [4.69, 9.17) is 4.74 Å². The Morgan fingerprint density at radius 1 is 0.826 bits per heavy atom. The molecule has 228 valence electrons. The van der Waals surface area contributed by atoms with Gasteiger partial charge in [-0.2, -0.15) is 5.10 Å². The molecule has 0 fully saturated rings. The fourth-order valence-electron chi connectivity index (χ4n) is 6.26. The molecule has 6 aromatic rings. The molecule has 4 aromatic carbocycles. The number of anilines is 2. The molecule has 2 amide bonds. The summed E-state index contributed by atoms with van der Waals surface area (Å²) in [6.45, 7) is 6.06. The summed E-state index contributed by atoms with van der Waals surface area (Å²) in [7, 11) is 0. The standard InChI is InChI=1S/C37H30FN5O3/c1-21-18-22(2)39-35-34(21)23(3)42-43(35)26-15-12-24(13-16-26)40-36(44)31-19-25(14-17-33(31)38)41-37(45)46-20-32-29-10-6-4-8-27(29)28-9-5-7-11-30(28)32/h4-19,32H,20H2,1-3H3,(H,40,44)(H,41,45). The molecule has 8 nitrogen and oxygen atoms in total. The molecule has 0 saturated heterocycles. The van der Waals surface area contributed by atoms with Gasteiger partial charge < -0.3 is 10.1 Å². The van der Waals surface area contributed by atoms with E-state index in [1.807, 2.05) is 75.4 Å². The molecular weight excluding hydrogens is 581 g/mol. The predicted octanol–water partition coefficient (Wildman–Crippen LogP) is 8.10. The van der Waals surface area contributed by atoms with Crippen molar-refractivity contribution in [2.24, 2.45) is 0 Å². The van der Waals surface area contributed by atoms with Crippen molar-refractivity contribution in [3.05, 3.63) is 137 Å². The van der Waals surface area contributed by atoms with Crippen molar-refractivity contribution >= 4 is 34.4 Å². The topological polar surface area (TPSA) is 98.1 Å². The smallest absolute Gasteiger partial charge is 0.411 e. The Bertz CT molecular complexity index is 2110. The van der Waals surface area contributed by atoms with Gasteiger partial charge in [-0.05, 0) is 97.1 Å². The highest BCUT2D eigenvalue weighted by Gasteiger charge is 2.29. The number of pyridine rings is 1. The third-order valence-corrected chi connectivity index (χ3v) is 8.31. The third kappa shape index (κ3) is 5.26. The summed E-state index contributed by atoms with van der Waals surface area (Å²) in [6, 6.07) is 29.0. The minimum atomic E-state index is -0.720. The van der Waals surface area contributed by atoms with E-state index < -0.39 is 17.8 Å². The number of benzene rings is 4. The van der Waals surface area contributed by atoms with Gasteiger partial charge in [-0.3, -0.25) is 10.1 Å². The van der Waals surface area contributed by atoms with Gasteiger partial charge in [-0.1, -0.05) is 48.5 Å². The number of hydrogen-bond donors (Lipinski definition) is 2. The van der Waals surface area contributed by atoms with Crippen LogP contribution in [0.15, 0.2) is 97.1 Å². The molecule has 9 heteroatoms. The minimum absolute atomic E-state index is 0.0976. The van der Waals surface area contributed by atoms with Crippen LogP contribution in [0.5, 0.6) is 0 Å². The molecule has 7 rings (SSSR count). The summed E-state index contributed by atoms with van der Waals surface area (Å²) >= 11 is 0. The zero-order chi connectivity index (χ0) is 31.9. The third-order valence-electron chi connectivity index (χ3n) is 8.31. The van der Waals surface area contributed by atoms with Crippen molar-refractivity contribution in [3.63, 3.8) is 0 Å². The first-order chi connectivity index (χ1) is 22.3. The van der Waals surface area contributed by atoms with Crippen LogP contribution in [0.2, 0.25) is 0 Å². The summed E-state index contributed by atoms with van der Waals surface area (Å²) in [6.07, 6.45) is -0.698. The summed E-state index contributed by atoms with van der Waals surface area (Å²) in [5, 5.41) is 11.0. The number of nitrogens with zero attached hydrogens (tertiary/aromatic N) is 3. The van der Waals surface area contributed by atoms with E-state index >= 15 is 0 Å². The Kier molecular flexibility index (Phi) is 7.28.